The number of hydrogen-bond acceptors (Lipinski definition) is 8. The quantitative estimate of drug-likeness (QED) is 0.333. The third kappa shape index (κ3) is 7.83. The van der Waals surface area contributed by atoms with Crippen molar-refractivity contribution >= 4 is 28.5 Å². The van der Waals surface area contributed by atoms with Gasteiger partial charge in [-0.05, 0) is 64.7 Å². The summed E-state index contributed by atoms with van der Waals surface area (Å²) in [6.45, 7) is 8.81. The maximum Gasteiger partial charge on any atom is 0.416 e. The van der Waals surface area contributed by atoms with Crippen LogP contribution in [0.5, 0.6) is 0 Å². The summed E-state index contributed by atoms with van der Waals surface area (Å²) in [5, 5.41) is 9.93. The Hall–Kier alpha value is -3.03. The first-order valence-corrected chi connectivity index (χ1v) is 14.0. The van der Waals surface area contributed by atoms with Crippen LogP contribution in [0.1, 0.15) is 64.8 Å². The number of likely N-dealkylation sites (tertiary alicyclic amines) is 1. The fraction of sp³-hybridized carbons (Fsp3) is 0.643. The summed E-state index contributed by atoms with van der Waals surface area (Å²) in [5.41, 5.74) is 4.87. The number of benzene rings is 1. The van der Waals surface area contributed by atoms with Crippen molar-refractivity contribution in [2.45, 2.75) is 95.9 Å². The van der Waals surface area contributed by atoms with Gasteiger partial charge >= 0.3 is 6.18 Å². The van der Waals surface area contributed by atoms with Crippen LogP contribution in [0.25, 0.3) is 10.9 Å². The SMILES string of the molecule is CC(=O)N[C@@H]1C[C@H](NC(C)(C)C)CC[C@@H]1N1CC[C@H](Nc2nc(COCCN)nc3ccc(C(F)(F)F)cc23)C1=O. The molecule has 0 unspecified atom stereocenters. The van der Waals surface area contributed by atoms with E-state index in [-0.39, 0.29) is 65.7 Å². The van der Waals surface area contributed by atoms with Crippen LogP contribution in [-0.2, 0) is 27.1 Å². The number of aromatic nitrogens is 2. The molecule has 0 spiro atoms. The number of hydrogen-bond donors (Lipinski definition) is 4. The number of rotatable bonds is 9. The molecule has 41 heavy (non-hydrogen) atoms. The van der Waals surface area contributed by atoms with Crippen LogP contribution in [0.2, 0.25) is 0 Å². The van der Waals surface area contributed by atoms with E-state index >= 15 is 0 Å². The van der Waals surface area contributed by atoms with Crippen molar-refractivity contribution in [1.29, 1.82) is 0 Å². The van der Waals surface area contributed by atoms with E-state index in [4.69, 9.17) is 10.5 Å². The first kappa shape index (κ1) is 30.9. The number of nitrogens with one attached hydrogen (secondary N) is 3. The lowest BCUT2D eigenvalue weighted by Gasteiger charge is -2.43. The zero-order chi connectivity index (χ0) is 29.9. The molecule has 1 saturated carbocycles. The monoisotopic (exact) mass is 579 g/mol. The molecule has 2 aromatic rings. The minimum atomic E-state index is -4.55. The second kappa shape index (κ2) is 12.5. The zero-order valence-electron chi connectivity index (χ0n) is 24.0. The molecule has 4 atom stereocenters. The van der Waals surface area contributed by atoms with Gasteiger partial charge in [0.05, 0.1) is 29.8 Å². The predicted molar refractivity (Wildman–Crippen MR) is 149 cm³/mol. The molecule has 10 nitrogen and oxygen atoms in total. The summed E-state index contributed by atoms with van der Waals surface area (Å²) < 4.78 is 46.0. The van der Waals surface area contributed by atoms with Crippen LogP contribution in [-0.4, -0.2) is 76.1 Å². The third-order valence-electron chi connectivity index (χ3n) is 7.35. The summed E-state index contributed by atoms with van der Waals surface area (Å²) in [4.78, 5) is 36.3. The van der Waals surface area contributed by atoms with Gasteiger partial charge in [0.1, 0.15) is 18.5 Å². The lowest BCUT2D eigenvalue weighted by atomic mass is 9.84. The number of ether oxygens (including phenoxy) is 1. The Balaban J connectivity index is 1.57. The second-order valence-corrected chi connectivity index (χ2v) is 11.9. The van der Waals surface area contributed by atoms with Crippen LogP contribution in [0.3, 0.4) is 0 Å². The van der Waals surface area contributed by atoms with Crippen molar-refractivity contribution < 1.29 is 27.5 Å². The number of amides is 2. The molecular formula is C28H40F3N7O3. The van der Waals surface area contributed by atoms with E-state index < -0.39 is 17.8 Å². The molecule has 0 bridgehead atoms. The van der Waals surface area contributed by atoms with Crippen LogP contribution >= 0.6 is 0 Å². The number of nitrogens with two attached hydrogens (primary N) is 1. The molecule has 5 N–H and O–H groups in total. The molecule has 4 rings (SSSR count). The fourth-order valence-electron chi connectivity index (χ4n) is 5.79. The van der Waals surface area contributed by atoms with Crippen LogP contribution in [0, 0.1) is 0 Å². The Kier molecular flexibility index (Phi) is 9.39. The number of carbonyl (C=O) groups excluding carboxylic acids is 2. The minimum absolute atomic E-state index is 0.0256. The zero-order valence-corrected chi connectivity index (χ0v) is 24.0. The van der Waals surface area contributed by atoms with Gasteiger partial charge in [-0.3, -0.25) is 9.59 Å². The average molecular weight is 580 g/mol. The van der Waals surface area contributed by atoms with Crippen molar-refractivity contribution in [3.8, 4) is 0 Å². The van der Waals surface area contributed by atoms with Crippen molar-refractivity contribution in [1.82, 2.24) is 25.5 Å². The van der Waals surface area contributed by atoms with Gasteiger partial charge in [0, 0.05) is 37.0 Å². The molecule has 1 saturated heterocycles. The largest absolute Gasteiger partial charge is 0.416 e. The maximum atomic E-state index is 13.7. The van der Waals surface area contributed by atoms with Crippen LogP contribution in [0.15, 0.2) is 18.2 Å². The molecule has 13 heteroatoms. The smallest absolute Gasteiger partial charge is 0.372 e. The molecule has 2 fully saturated rings. The van der Waals surface area contributed by atoms with Gasteiger partial charge < -0.3 is 31.3 Å². The predicted octanol–water partition coefficient (Wildman–Crippen LogP) is 2.95. The molecule has 1 aromatic heterocycles. The lowest BCUT2D eigenvalue weighted by Crippen LogP contribution is -2.59. The van der Waals surface area contributed by atoms with E-state index in [2.05, 4.69) is 46.7 Å². The van der Waals surface area contributed by atoms with E-state index in [0.29, 0.717) is 37.9 Å². The van der Waals surface area contributed by atoms with Crippen molar-refractivity contribution in [2.75, 3.05) is 25.0 Å². The lowest BCUT2D eigenvalue weighted by molar-refractivity contribution is -0.137. The molecule has 0 radical (unpaired) electrons. The summed E-state index contributed by atoms with van der Waals surface area (Å²) in [5.74, 6) is 0.0809. The molecular weight excluding hydrogens is 539 g/mol. The Morgan fingerprint density at radius 2 is 1.93 bits per heavy atom. The minimum Gasteiger partial charge on any atom is -0.372 e. The second-order valence-electron chi connectivity index (χ2n) is 11.9. The standard InChI is InChI=1S/C28H40F3N7O3/c1-16(39)33-22-14-18(37-27(2,3)4)6-8-23(22)38-11-9-21(26(38)40)35-25-19-13-17(28(29,30)31)5-7-20(19)34-24(36-25)15-41-12-10-32/h5,7,13,18,21-23,37H,6,8-12,14-15,32H2,1-4H3,(H,33,39)(H,34,35,36)/t18-,21+,22-,23+/m1/s1. The van der Waals surface area contributed by atoms with Crippen molar-refractivity contribution in [3.05, 3.63) is 29.6 Å². The first-order chi connectivity index (χ1) is 19.2. The van der Waals surface area contributed by atoms with Crippen LogP contribution in [0.4, 0.5) is 19.0 Å². The highest BCUT2D eigenvalue weighted by Gasteiger charge is 2.43. The molecule has 2 amide bonds. The summed E-state index contributed by atoms with van der Waals surface area (Å²) >= 11 is 0. The Labute approximate surface area is 238 Å². The number of fused-ring (bicyclic) bond motifs is 1. The molecule has 1 aliphatic carbocycles. The summed E-state index contributed by atoms with van der Waals surface area (Å²) in [7, 11) is 0. The normalized spacial score (nSPS) is 23.7. The average Bonchev–Trinajstić information content (AvgIpc) is 3.22. The van der Waals surface area contributed by atoms with Gasteiger partial charge in [-0.2, -0.15) is 13.2 Å². The van der Waals surface area contributed by atoms with Gasteiger partial charge in [0.25, 0.3) is 0 Å². The van der Waals surface area contributed by atoms with Crippen molar-refractivity contribution in [3.63, 3.8) is 0 Å². The first-order valence-electron chi connectivity index (χ1n) is 14.0. The molecule has 2 heterocycles. The number of alkyl halides is 3. The van der Waals surface area contributed by atoms with E-state index in [1.807, 2.05) is 0 Å². The number of nitrogens with zero attached hydrogens (tertiary/aromatic N) is 3. The number of carbonyl (C=O) groups is 2. The van der Waals surface area contributed by atoms with Gasteiger partial charge in [-0.25, -0.2) is 9.97 Å². The molecule has 1 aromatic carbocycles. The topological polar surface area (TPSA) is 134 Å². The fourth-order valence-corrected chi connectivity index (χ4v) is 5.79. The number of halogens is 3. The van der Waals surface area contributed by atoms with Crippen molar-refractivity contribution in [2.24, 2.45) is 5.73 Å². The Morgan fingerprint density at radius 3 is 2.59 bits per heavy atom. The molecule has 226 valence electrons. The van der Waals surface area contributed by atoms with Gasteiger partial charge in [-0.1, -0.05) is 0 Å². The van der Waals surface area contributed by atoms with Crippen LogP contribution < -0.4 is 21.7 Å². The highest BCUT2D eigenvalue weighted by molar-refractivity contribution is 5.93. The summed E-state index contributed by atoms with van der Waals surface area (Å²) in [6, 6.07) is 2.37. The van der Waals surface area contributed by atoms with Gasteiger partial charge in [-0.15, -0.1) is 0 Å². The van der Waals surface area contributed by atoms with E-state index in [1.54, 1.807) is 4.90 Å². The highest BCUT2D eigenvalue weighted by Crippen LogP contribution is 2.34. The van der Waals surface area contributed by atoms with E-state index in [0.717, 1.165) is 18.6 Å². The maximum absolute atomic E-state index is 13.7. The molecule has 1 aliphatic heterocycles. The Bertz CT molecular complexity index is 1250. The highest BCUT2D eigenvalue weighted by atomic mass is 19.4. The van der Waals surface area contributed by atoms with E-state index in [9.17, 15) is 22.8 Å². The van der Waals surface area contributed by atoms with Gasteiger partial charge in [0.2, 0.25) is 11.8 Å². The summed E-state index contributed by atoms with van der Waals surface area (Å²) in [6.07, 6.45) is -1.86. The van der Waals surface area contributed by atoms with E-state index in [1.165, 1.54) is 13.0 Å². The number of anilines is 1. The Morgan fingerprint density at radius 1 is 1.17 bits per heavy atom. The third-order valence-corrected chi connectivity index (χ3v) is 7.35. The molecule has 2 aliphatic rings. The van der Waals surface area contributed by atoms with Gasteiger partial charge in [0.15, 0.2) is 5.82 Å².